The molecule has 2 rings (SSSR count). The molecule has 94 valence electrons. The van der Waals surface area contributed by atoms with Gasteiger partial charge in [0.15, 0.2) is 0 Å². The second-order valence-electron chi connectivity index (χ2n) is 3.65. The summed E-state index contributed by atoms with van der Waals surface area (Å²) >= 11 is 1.11. The minimum atomic E-state index is -1.06. The van der Waals surface area contributed by atoms with Crippen LogP contribution in [0.2, 0.25) is 0 Å². The molecule has 6 heteroatoms. The zero-order valence-corrected chi connectivity index (χ0v) is 10.6. The number of hydrogen-bond acceptors (Lipinski definition) is 4. The number of nitrogens with one attached hydrogen (secondary N) is 1. The minimum Gasteiger partial charge on any atom is -0.497 e. The van der Waals surface area contributed by atoms with Crippen LogP contribution in [0.15, 0.2) is 18.2 Å². The van der Waals surface area contributed by atoms with E-state index in [2.05, 4.69) is 5.32 Å². The number of ether oxygens (including phenoxy) is 1. The summed E-state index contributed by atoms with van der Waals surface area (Å²) in [6, 6.07) is 5.21. The molecule has 1 heterocycles. The third kappa shape index (κ3) is 2.14. The molecule has 0 atom stereocenters. The summed E-state index contributed by atoms with van der Waals surface area (Å²) in [5.74, 6) is -0.706. The molecule has 2 aromatic rings. The molecule has 1 amide bonds. The first-order valence-electron chi connectivity index (χ1n) is 5.14. The van der Waals surface area contributed by atoms with Crippen LogP contribution in [0.1, 0.15) is 16.6 Å². The maximum absolute atomic E-state index is 11.2. The summed E-state index contributed by atoms with van der Waals surface area (Å²) in [5.41, 5.74) is 0.345. The number of carboxylic acid groups (broad SMARTS) is 1. The van der Waals surface area contributed by atoms with Gasteiger partial charge in [-0.05, 0) is 18.2 Å². The zero-order valence-electron chi connectivity index (χ0n) is 9.81. The van der Waals surface area contributed by atoms with E-state index in [9.17, 15) is 9.59 Å². The van der Waals surface area contributed by atoms with E-state index < -0.39 is 5.97 Å². The smallest absolute Gasteiger partial charge is 0.348 e. The van der Waals surface area contributed by atoms with Gasteiger partial charge in [0.2, 0.25) is 5.91 Å². The average molecular weight is 265 g/mol. The fraction of sp³-hybridized carbons (Fsp3) is 0.167. The van der Waals surface area contributed by atoms with Crippen LogP contribution in [-0.4, -0.2) is 24.1 Å². The van der Waals surface area contributed by atoms with Gasteiger partial charge in [-0.1, -0.05) is 0 Å². The highest BCUT2D eigenvalue weighted by molar-refractivity contribution is 7.21. The number of carbonyl (C=O) groups excluding carboxylic acids is 1. The zero-order chi connectivity index (χ0) is 13.3. The Kier molecular flexibility index (Phi) is 3.20. The van der Waals surface area contributed by atoms with Crippen LogP contribution in [0.3, 0.4) is 0 Å². The molecule has 0 saturated carbocycles. The number of amides is 1. The Morgan fingerprint density at radius 2 is 2.11 bits per heavy atom. The molecule has 0 spiro atoms. The third-order valence-corrected chi connectivity index (χ3v) is 3.53. The highest BCUT2D eigenvalue weighted by Crippen LogP contribution is 2.37. The molecule has 1 aromatic heterocycles. The molecule has 0 aliphatic heterocycles. The highest BCUT2D eigenvalue weighted by atomic mass is 32.1. The molecule has 0 saturated heterocycles. The van der Waals surface area contributed by atoms with Crippen LogP contribution in [0.4, 0.5) is 5.69 Å². The van der Waals surface area contributed by atoms with Crippen LogP contribution in [-0.2, 0) is 4.79 Å². The molecule has 5 nitrogen and oxygen atoms in total. The van der Waals surface area contributed by atoms with Gasteiger partial charge in [-0.15, -0.1) is 11.3 Å². The molecule has 18 heavy (non-hydrogen) atoms. The van der Waals surface area contributed by atoms with Gasteiger partial charge >= 0.3 is 5.97 Å². The van der Waals surface area contributed by atoms with Crippen molar-refractivity contribution < 1.29 is 19.4 Å². The van der Waals surface area contributed by atoms with Crippen molar-refractivity contribution in [2.24, 2.45) is 0 Å². The van der Waals surface area contributed by atoms with E-state index >= 15 is 0 Å². The van der Waals surface area contributed by atoms with Crippen LogP contribution >= 0.6 is 11.3 Å². The van der Waals surface area contributed by atoms with E-state index in [-0.39, 0.29) is 10.8 Å². The van der Waals surface area contributed by atoms with Crippen molar-refractivity contribution in [1.29, 1.82) is 0 Å². The van der Waals surface area contributed by atoms with Gasteiger partial charge in [0.05, 0.1) is 12.8 Å². The lowest BCUT2D eigenvalue weighted by molar-refractivity contribution is -0.114. The summed E-state index contributed by atoms with van der Waals surface area (Å²) in [4.78, 5) is 22.4. The quantitative estimate of drug-likeness (QED) is 0.894. The molecule has 2 N–H and O–H groups in total. The fourth-order valence-corrected chi connectivity index (χ4v) is 2.68. The Morgan fingerprint density at radius 3 is 2.67 bits per heavy atom. The molecule has 1 aromatic carbocycles. The van der Waals surface area contributed by atoms with E-state index in [1.54, 1.807) is 25.3 Å². The average Bonchev–Trinajstić information content (AvgIpc) is 2.66. The lowest BCUT2D eigenvalue weighted by Gasteiger charge is -2.02. The highest BCUT2D eigenvalue weighted by Gasteiger charge is 2.18. The molecule has 0 radical (unpaired) electrons. The summed E-state index contributed by atoms with van der Waals surface area (Å²) in [5, 5.41) is 12.4. The summed E-state index contributed by atoms with van der Waals surface area (Å²) in [6.45, 7) is 1.35. The Balaban J connectivity index is 2.67. The molecular weight excluding hydrogens is 254 g/mol. The van der Waals surface area contributed by atoms with E-state index in [1.165, 1.54) is 6.92 Å². The maximum Gasteiger partial charge on any atom is 0.348 e. The summed E-state index contributed by atoms with van der Waals surface area (Å²) < 4.78 is 5.84. The summed E-state index contributed by atoms with van der Waals surface area (Å²) in [7, 11) is 1.54. The first kappa shape index (κ1) is 12.4. The molecule has 0 unspecified atom stereocenters. The maximum atomic E-state index is 11.2. The van der Waals surface area contributed by atoms with Crippen molar-refractivity contribution in [1.82, 2.24) is 0 Å². The number of methoxy groups -OCH3 is 1. The lowest BCUT2D eigenvalue weighted by Crippen LogP contribution is -2.08. The van der Waals surface area contributed by atoms with Crippen molar-refractivity contribution in [3.8, 4) is 5.75 Å². The number of thiophene rings is 1. The SMILES string of the molecule is COc1ccc2c(NC(C)=O)c(C(=O)O)sc2c1. The Hall–Kier alpha value is -2.08. The second-order valence-corrected chi connectivity index (χ2v) is 4.71. The Labute approximate surface area is 107 Å². The number of rotatable bonds is 3. The molecule has 0 fully saturated rings. The predicted molar refractivity (Wildman–Crippen MR) is 69.6 cm³/mol. The van der Waals surface area contributed by atoms with Crippen LogP contribution in [0.25, 0.3) is 10.1 Å². The lowest BCUT2D eigenvalue weighted by atomic mass is 10.2. The monoisotopic (exact) mass is 265 g/mol. The number of benzene rings is 1. The van der Waals surface area contributed by atoms with Crippen molar-refractivity contribution in [3.05, 3.63) is 23.1 Å². The number of anilines is 1. The second kappa shape index (κ2) is 4.66. The molecular formula is C12H11NO4S. The molecule has 0 bridgehead atoms. The number of fused-ring (bicyclic) bond motifs is 1. The van der Waals surface area contributed by atoms with E-state index in [4.69, 9.17) is 9.84 Å². The van der Waals surface area contributed by atoms with Crippen molar-refractivity contribution >= 4 is 39.0 Å². The Bertz CT molecular complexity index is 632. The van der Waals surface area contributed by atoms with Gasteiger partial charge in [-0.2, -0.15) is 0 Å². The van der Waals surface area contributed by atoms with Gasteiger partial charge in [-0.25, -0.2) is 4.79 Å². The van der Waals surface area contributed by atoms with Crippen molar-refractivity contribution in [2.75, 3.05) is 12.4 Å². The number of carboxylic acids is 1. The number of aromatic carboxylic acids is 1. The van der Waals surface area contributed by atoms with E-state index in [0.717, 1.165) is 16.0 Å². The topological polar surface area (TPSA) is 75.6 Å². The first-order chi connectivity index (χ1) is 8.52. The first-order valence-corrected chi connectivity index (χ1v) is 5.96. The van der Waals surface area contributed by atoms with E-state index in [1.807, 2.05) is 0 Å². The number of carbonyl (C=O) groups is 2. The van der Waals surface area contributed by atoms with Crippen molar-refractivity contribution in [2.45, 2.75) is 6.92 Å². The largest absolute Gasteiger partial charge is 0.497 e. The van der Waals surface area contributed by atoms with Gasteiger partial charge in [0.25, 0.3) is 0 Å². The minimum absolute atomic E-state index is 0.119. The van der Waals surface area contributed by atoms with E-state index in [0.29, 0.717) is 16.8 Å². The van der Waals surface area contributed by atoms with Crippen LogP contribution in [0, 0.1) is 0 Å². The molecule has 0 aliphatic carbocycles. The summed E-state index contributed by atoms with van der Waals surface area (Å²) in [6.07, 6.45) is 0. The van der Waals surface area contributed by atoms with Crippen LogP contribution in [0.5, 0.6) is 5.75 Å². The normalized spacial score (nSPS) is 10.3. The van der Waals surface area contributed by atoms with Crippen LogP contribution < -0.4 is 10.1 Å². The standard InChI is InChI=1S/C12H11NO4S/c1-6(14)13-10-8-4-3-7(17-2)5-9(8)18-11(10)12(15)16/h3-5H,1-2H3,(H,13,14)(H,15,16). The Morgan fingerprint density at radius 1 is 1.39 bits per heavy atom. The fourth-order valence-electron chi connectivity index (χ4n) is 1.65. The predicted octanol–water partition coefficient (Wildman–Crippen LogP) is 2.57. The van der Waals surface area contributed by atoms with Gasteiger partial charge in [-0.3, -0.25) is 4.79 Å². The van der Waals surface area contributed by atoms with Crippen molar-refractivity contribution in [3.63, 3.8) is 0 Å². The van der Waals surface area contributed by atoms with Gasteiger partial charge < -0.3 is 15.2 Å². The molecule has 0 aliphatic rings. The third-order valence-electron chi connectivity index (χ3n) is 2.39. The van der Waals surface area contributed by atoms with Gasteiger partial charge in [0, 0.05) is 17.0 Å². The van der Waals surface area contributed by atoms with Gasteiger partial charge in [0.1, 0.15) is 10.6 Å². The number of hydrogen-bond donors (Lipinski definition) is 2.